The Morgan fingerprint density at radius 1 is 1.33 bits per heavy atom. The Bertz CT molecular complexity index is 357. The van der Waals surface area contributed by atoms with Gasteiger partial charge in [0.05, 0.1) is 6.61 Å². The van der Waals surface area contributed by atoms with Gasteiger partial charge >= 0.3 is 0 Å². The summed E-state index contributed by atoms with van der Waals surface area (Å²) in [5, 5.41) is 9.03. The fourth-order valence-corrected chi connectivity index (χ4v) is 2.38. The van der Waals surface area contributed by atoms with E-state index in [0.29, 0.717) is 12.6 Å². The molecule has 0 fully saturated rings. The van der Waals surface area contributed by atoms with E-state index >= 15 is 0 Å². The molecule has 1 unspecified atom stereocenters. The van der Waals surface area contributed by atoms with Crippen molar-refractivity contribution in [1.29, 1.82) is 0 Å². The molecule has 0 saturated heterocycles. The minimum absolute atomic E-state index is 0.0439. The molecule has 0 aliphatic heterocycles. The predicted molar refractivity (Wildman–Crippen MR) is 79.5 cm³/mol. The molecule has 4 heteroatoms. The first-order valence-electron chi connectivity index (χ1n) is 6.40. The van der Waals surface area contributed by atoms with E-state index < -0.39 is 0 Å². The van der Waals surface area contributed by atoms with Crippen LogP contribution in [-0.4, -0.2) is 35.7 Å². The highest BCUT2D eigenvalue weighted by Crippen LogP contribution is 2.19. The summed E-state index contributed by atoms with van der Waals surface area (Å²) in [4.78, 5) is 2.25. The highest BCUT2D eigenvalue weighted by molar-refractivity contribution is 9.10. The Balaban J connectivity index is 2.51. The fraction of sp³-hybridized carbons (Fsp3) is 0.571. The van der Waals surface area contributed by atoms with Gasteiger partial charge in [-0.2, -0.15) is 0 Å². The summed E-state index contributed by atoms with van der Waals surface area (Å²) in [7, 11) is 0. The minimum Gasteiger partial charge on any atom is -0.395 e. The van der Waals surface area contributed by atoms with Crippen molar-refractivity contribution < 1.29 is 5.11 Å². The molecular weight excluding hydrogens is 292 g/mol. The summed E-state index contributed by atoms with van der Waals surface area (Å²) in [5.74, 6) is 0. The zero-order valence-corrected chi connectivity index (χ0v) is 12.7. The number of nitrogens with zero attached hydrogens (tertiary/aromatic N) is 1. The zero-order chi connectivity index (χ0) is 13.5. The maximum atomic E-state index is 9.03. The van der Waals surface area contributed by atoms with Crippen molar-refractivity contribution >= 4 is 15.9 Å². The maximum Gasteiger partial charge on any atom is 0.0558 e. The van der Waals surface area contributed by atoms with Crippen LogP contribution in [0.3, 0.4) is 0 Å². The van der Waals surface area contributed by atoms with Crippen LogP contribution in [0.5, 0.6) is 0 Å². The van der Waals surface area contributed by atoms with Gasteiger partial charge in [-0.3, -0.25) is 4.90 Å². The van der Waals surface area contributed by atoms with Gasteiger partial charge in [0.15, 0.2) is 0 Å². The molecule has 1 aromatic rings. The Kier molecular flexibility index (Phi) is 6.86. The predicted octanol–water partition coefficient (Wildman–Crippen LogP) is 2.54. The SMILES string of the molecule is CC(C)N(CCO)CCC(N)c1cccc(Br)c1. The van der Waals surface area contributed by atoms with Gasteiger partial charge < -0.3 is 10.8 Å². The Labute approximate surface area is 118 Å². The number of benzene rings is 1. The molecule has 0 aromatic heterocycles. The first-order chi connectivity index (χ1) is 8.54. The number of rotatable bonds is 7. The highest BCUT2D eigenvalue weighted by Gasteiger charge is 2.12. The van der Waals surface area contributed by atoms with Gasteiger partial charge in [0.25, 0.3) is 0 Å². The third-order valence-corrected chi connectivity index (χ3v) is 3.61. The van der Waals surface area contributed by atoms with Crippen molar-refractivity contribution in [2.24, 2.45) is 5.73 Å². The molecule has 0 aliphatic carbocycles. The van der Waals surface area contributed by atoms with E-state index in [4.69, 9.17) is 10.8 Å². The lowest BCUT2D eigenvalue weighted by Crippen LogP contribution is -2.35. The fourth-order valence-electron chi connectivity index (χ4n) is 1.97. The molecule has 0 heterocycles. The van der Waals surface area contributed by atoms with E-state index in [9.17, 15) is 0 Å². The lowest BCUT2D eigenvalue weighted by molar-refractivity contribution is 0.161. The van der Waals surface area contributed by atoms with Crippen LogP contribution in [0.15, 0.2) is 28.7 Å². The molecule has 18 heavy (non-hydrogen) atoms. The van der Waals surface area contributed by atoms with Crippen molar-refractivity contribution in [1.82, 2.24) is 4.90 Å². The van der Waals surface area contributed by atoms with Crippen LogP contribution in [0.4, 0.5) is 0 Å². The molecule has 0 radical (unpaired) electrons. The van der Waals surface area contributed by atoms with Crippen LogP contribution in [-0.2, 0) is 0 Å². The van der Waals surface area contributed by atoms with E-state index in [-0.39, 0.29) is 12.6 Å². The van der Waals surface area contributed by atoms with Gasteiger partial charge in [0.1, 0.15) is 0 Å². The summed E-state index contributed by atoms with van der Waals surface area (Å²) in [6.45, 7) is 6.10. The third-order valence-electron chi connectivity index (χ3n) is 3.12. The summed E-state index contributed by atoms with van der Waals surface area (Å²) in [6.07, 6.45) is 0.897. The second kappa shape index (κ2) is 7.89. The lowest BCUT2D eigenvalue weighted by atomic mass is 10.0. The number of nitrogens with two attached hydrogens (primary N) is 1. The summed E-state index contributed by atoms with van der Waals surface area (Å²) < 4.78 is 1.06. The number of halogens is 1. The van der Waals surface area contributed by atoms with Crippen molar-refractivity contribution in [3.63, 3.8) is 0 Å². The molecule has 0 bridgehead atoms. The van der Waals surface area contributed by atoms with E-state index in [0.717, 1.165) is 23.0 Å². The second-order valence-corrected chi connectivity index (χ2v) is 5.72. The lowest BCUT2D eigenvalue weighted by Gasteiger charge is -2.27. The number of aliphatic hydroxyl groups is 1. The van der Waals surface area contributed by atoms with Crippen LogP contribution < -0.4 is 5.73 Å². The smallest absolute Gasteiger partial charge is 0.0558 e. The molecule has 3 N–H and O–H groups in total. The van der Waals surface area contributed by atoms with Crippen molar-refractivity contribution in [3.8, 4) is 0 Å². The minimum atomic E-state index is 0.0439. The molecule has 1 rings (SSSR count). The number of hydrogen-bond acceptors (Lipinski definition) is 3. The number of hydrogen-bond donors (Lipinski definition) is 2. The molecule has 0 amide bonds. The molecule has 1 atom stereocenters. The van der Waals surface area contributed by atoms with Gasteiger partial charge in [-0.05, 0) is 38.0 Å². The zero-order valence-electron chi connectivity index (χ0n) is 11.1. The Morgan fingerprint density at radius 3 is 2.61 bits per heavy atom. The number of aliphatic hydroxyl groups excluding tert-OH is 1. The van der Waals surface area contributed by atoms with Crippen molar-refractivity contribution in [3.05, 3.63) is 34.3 Å². The first-order valence-corrected chi connectivity index (χ1v) is 7.20. The molecule has 1 aromatic carbocycles. The summed E-state index contributed by atoms with van der Waals surface area (Å²) >= 11 is 3.46. The molecule has 0 spiro atoms. The summed E-state index contributed by atoms with van der Waals surface area (Å²) in [5.41, 5.74) is 7.35. The van der Waals surface area contributed by atoms with Gasteiger partial charge in [-0.25, -0.2) is 0 Å². The normalized spacial score (nSPS) is 13.3. The molecular formula is C14H23BrN2O. The Morgan fingerprint density at radius 2 is 2.06 bits per heavy atom. The maximum absolute atomic E-state index is 9.03. The topological polar surface area (TPSA) is 49.5 Å². The Hall–Kier alpha value is -0.420. The average Bonchev–Trinajstić information content (AvgIpc) is 2.33. The highest BCUT2D eigenvalue weighted by atomic mass is 79.9. The van der Waals surface area contributed by atoms with Gasteiger partial charge in [-0.1, -0.05) is 28.1 Å². The van der Waals surface area contributed by atoms with Crippen molar-refractivity contribution in [2.45, 2.75) is 32.4 Å². The van der Waals surface area contributed by atoms with Crippen LogP contribution in [0.2, 0.25) is 0 Å². The van der Waals surface area contributed by atoms with Crippen molar-refractivity contribution in [2.75, 3.05) is 19.7 Å². The summed E-state index contributed by atoms with van der Waals surface area (Å²) in [6, 6.07) is 8.61. The molecule has 0 saturated carbocycles. The van der Waals surface area contributed by atoms with E-state index in [1.54, 1.807) is 0 Å². The van der Waals surface area contributed by atoms with E-state index in [2.05, 4.69) is 46.8 Å². The van der Waals surface area contributed by atoms with E-state index in [1.807, 2.05) is 12.1 Å². The van der Waals surface area contributed by atoms with Crippen LogP contribution in [0, 0.1) is 0 Å². The standard InChI is InChI=1S/C14H23BrN2O/c1-11(2)17(8-9-18)7-6-14(16)12-4-3-5-13(15)10-12/h3-5,10-11,14,18H,6-9,16H2,1-2H3. The van der Waals surface area contributed by atoms with Crippen LogP contribution in [0.1, 0.15) is 31.9 Å². The third kappa shape index (κ3) is 5.06. The van der Waals surface area contributed by atoms with Gasteiger partial charge in [0.2, 0.25) is 0 Å². The monoisotopic (exact) mass is 314 g/mol. The largest absolute Gasteiger partial charge is 0.395 e. The average molecular weight is 315 g/mol. The second-order valence-electron chi connectivity index (χ2n) is 4.80. The van der Waals surface area contributed by atoms with Crippen LogP contribution in [0.25, 0.3) is 0 Å². The van der Waals surface area contributed by atoms with Gasteiger partial charge in [-0.15, -0.1) is 0 Å². The van der Waals surface area contributed by atoms with Crippen LogP contribution >= 0.6 is 15.9 Å². The molecule has 102 valence electrons. The van der Waals surface area contributed by atoms with Gasteiger partial charge in [0, 0.05) is 29.6 Å². The first kappa shape index (κ1) is 15.6. The molecule has 0 aliphatic rings. The quantitative estimate of drug-likeness (QED) is 0.813. The van der Waals surface area contributed by atoms with E-state index in [1.165, 1.54) is 0 Å². The molecule has 3 nitrogen and oxygen atoms in total.